The number of carbonyl (C=O) groups excluding carboxylic acids is 2. The Labute approximate surface area is 124 Å². The van der Waals surface area contributed by atoms with Gasteiger partial charge in [0.05, 0.1) is 19.2 Å². The van der Waals surface area contributed by atoms with Gasteiger partial charge < -0.3 is 14.5 Å². The third-order valence-corrected chi connectivity index (χ3v) is 4.35. The molecule has 2 heterocycles. The van der Waals surface area contributed by atoms with E-state index in [2.05, 4.69) is 11.0 Å². The van der Waals surface area contributed by atoms with Crippen LogP contribution in [0.15, 0.2) is 0 Å². The second kappa shape index (κ2) is 6.00. The van der Waals surface area contributed by atoms with Crippen molar-refractivity contribution in [2.45, 2.75) is 24.9 Å². The molecule has 3 rings (SSSR count). The zero-order valence-corrected chi connectivity index (χ0v) is 12.0. The number of carbonyl (C=O) groups is 2. The highest BCUT2D eigenvalue weighted by Crippen LogP contribution is 2.30. The molecule has 3 aliphatic rings. The molecule has 114 valence electrons. The van der Waals surface area contributed by atoms with Crippen molar-refractivity contribution in [2.24, 2.45) is 0 Å². The number of amides is 2. The van der Waals surface area contributed by atoms with Gasteiger partial charge in [-0.25, -0.2) is 0 Å². The fraction of sp³-hybridized carbons (Fsp3) is 0.786. The maximum Gasteiger partial charge on any atom is 0.249 e. The quantitative estimate of drug-likeness (QED) is 0.670. The fourth-order valence-electron chi connectivity index (χ4n) is 2.96. The van der Waals surface area contributed by atoms with E-state index in [1.165, 1.54) is 0 Å². The average Bonchev–Trinajstić information content (AvgIpc) is 3.33. The minimum Gasteiger partial charge on any atom is -0.370 e. The van der Waals surface area contributed by atoms with Gasteiger partial charge in [0.1, 0.15) is 12.6 Å². The molecule has 21 heavy (non-hydrogen) atoms. The van der Waals surface area contributed by atoms with Crippen LogP contribution in [0.2, 0.25) is 0 Å². The first kappa shape index (κ1) is 14.3. The van der Waals surface area contributed by atoms with Crippen LogP contribution in [0.25, 0.3) is 0 Å². The van der Waals surface area contributed by atoms with Crippen LogP contribution in [0.3, 0.4) is 0 Å². The molecular formula is C14H20N4O3. The summed E-state index contributed by atoms with van der Waals surface area (Å²) < 4.78 is 5.05. The Bertz CT molecular complexity index is 471. The number of nitriles is 1. The standard InChI is InChI=1S/C14H20N4O3/c15-7-12-8-16(3-4-18(12)11-1-2-11)13(19)9-17-5-6-21-10-14(17)20/h11-12H,1-6,8-10H2. The van der Waals surface area contributed by atoms with Crippen LogP contribution in [-0.2, 0) is 14.3 Å². The molecule has 0 bridgehead atoms. The van der Waals surface area contributed by atoms with Gasteiger partial charge in [0.15, 0.2) is 0 Å². The summed E-state index contributed by atoms with van der Waals surface area (Å²) in [7, 11) is 0. The van der Waals surface area contributed by atoms with E-state index in [1.54, 1.807) is 9.80 Å². The van der Waals surface area contributed by atoms with Gasteiger partial charge in [-0.2, -0.15) is 5.26 Å². The van der Waals surface area contributed by atoms with Crippen molar-refractivity contribution in [1.82, 2.24) is 14.7 Å². The Morgan fingerprint density at radius 1 is 1.33 bits per heavy atom. The highest BCUT2D eigenvalue weighted by Gasteiger charge is 2.38. The van der Waals surface area contributed by atoms with E-state index in [9.17, 15) is 14.9 Å². The van der Waals surface area contributed by atoms with Crippen LogP contribution in [-0.4, -0.2) is 84.5 Å². The molecule has 3 fully saturated rings. The molecule has 7 nitrogen and oxygen atoms in total. The van der Waals surface area contributed by atoms with Gasteiger partial charge >= 0.3 is 0 Å². The third kappa shape index (κ3) is 3.17. The number of piperazine rings is 1. The van der Waals surface area contributed by atoms with E-state index in [4.69, 9.17) is 4.74 Å². The molecule has 2 aliphatic heterocycles. The molecule has 0 aromatic rings. The number of rotatable bonds is 3. The zero-order valence-electron chi connectivity index (χ0n) is 12.0. The highest BCUT2D eigenvalue weighted by molar-refractivity contribution is 5.85. The van der Waals surface area contributed by atoms with E-state index >= 15 is 0 Å². The highest BCUT2D eigenvalue weighted by atomic mass is 16.5. The zero-order chi connectivity index (χ0) is 14.8. The lowest BCUT2D eigenvalue weighted by atomic mass is 10.1. The molecular weight excluding hydrogens is 272 g/mol. The topological polar surface area (TPSA) is 76.9 Å². The van der Waals surface area contributed by atoms with Crippen LogP contribution in [0, 0.1) is 11.3 Å². The maximum absolute atomic E-state index is 12.3. The van der Waals surface area contributed by atoms with Crippen molar-refractivity contribution in [3.05, 3.63) is 0 Å². The molecule has 0 spiro atoms. The van der Waals surface area contributed by atoms with E-state index in [-0.39, 0.29) is 31.0 Å². The normalized spacial score (nSPS) is 27.6. The molecule has 1 unspecified atom stereocenters. The van der Waals surface area contributed by atoms with Gasteiger partial charge in [-0.1, -0.05) is 0 Å². The second-order valence-electron chi connectivity index (χ2n) is 5.82. The Morgan fingerprint density at radius 2 is 2.14 bits per heavy atom. The lowest BCUT2D eigenvalue weighted by molar-refractivity contribution is -0.149. The van der Waals surface area contributed by atoms with Gasteiger partial charge in [0, 0.05) is 32.2 Å². The minimum absolute atomic E-state index is 0.0591. The summed E-state index contributed by atoms with van der Waals surface area (Å²) >= 11 is 0. The Kier molecular flexibility index (Phi) is 4.08. The van der Waals surface area contributed by atoms with E-state index in [0.717, 1.165) is 19.4 Å². The van der Waals surface area contributed by atoms with E-state index in [0.29, 0.717) is 32.3 Å². The van der Waals surface area contributed by atoms with Crippen molar-refractivity contribution in [2.75, 3.05) is 45.9 Å². The van der Waals surface area contributed by atoms with Crippen molar-refractivity contribution >= 4 is 11.8 Å². The van der Waals surface area contributed by atoms with Crippen LogP contribution >= 0.6 is 0 Å². The largest absolute Gasteiger partial charge is 0.370 e. The summed E-state index contributed by atoms with van der Waals surface area (Å²) in [4.78, 5) is 29.5. The van der Waals surface area contributed by atoms with Crippen molar-refractivity contribution in [3.8, 4) is 6.07 Å². The summed E-state index contributed by atoms with van der Waals surface area (Å²) in [5.74, 6) is -0.205. The number of hydrogen-bond donors (Lipinski definition) is 0. The van der Waals surface area contributed by atoms with Gasteiger partial charge in [-0.15, -0.1) is 0 Å². The van der Waals surface area contributed by atoms with Gasteiger partial charge in [0.2, 0.25) is 11.8 Å². The summed E-state index contributed by atoms with van der Waals surface area (Å²) in [5, 5.41) is 9.29. The molecule has 1 saturated carbocycles. The fourth-order valence-corrected chi connectivity index (χ4v) is 2.96. The first-order chi connectivity index (χ1) is 10.2. The van der Waals surface area contributed by atoms with Crippen LogP contribution in [0.1, 0.15) is 12.8 Å². The molecule has 2 amide bonds. The van der Waals surface area contributed by atoms with Gasteiger partial charge in [-0.3, -0.25) is 14.5 Å². The first-order valence-corrected chi connectivity index (χ1v) is 7.47. The monoisotopic (exact) mass is 292 g/mol. The van der Waals surface area contributed by atoms with Crippen molar-refractivity contribution < 1.29 is 14.3 Å². The maximum atomic E-state index is 12.3. The number of ether oxygens (including phenoxy) is 1. The molecule has 7 heteroatoms. The SMILES string of the molecule is N#CC1CN(C(=O)CN2CCOCC2=O)CCN1C1CC1. The Morgan fingerprint density at radius 3 is 2.81 bits per heavy atom. The lowest BCUT2D eigenvalue weighted by Crippen LogP contribution is -2.57. The van der Waals surface area contributed by atoms with Crippen LogP contribution in [0.5, 0.6) is 0 Å². The number of nitrogens with zero attached hydrogens (tertiary/aromatic N) is 4. The van der Waals surface area contributed by atoms with Crippen molar-refractivity contribution in [1.29, 1.82) is 5.26 Å². The molecule has 1 atom stereocenters. The van der Waals surface area contributed by atoms with Crippen LogP contribution in [0.4, 0.5) is 0 Å². The molecule has 0 aromatic heterocycles. The molecule has 2 saturated heterocycles. The summed E-state index contributed by atoms with van der Waals surface area (Å²) in [5.41, 5.74) is 0. The lowest BCUT2D eigenvalue weighted by Gasteiger charge is -2.39. The summed E-state index contributed by atoms with van der Waals surface area (Å²) in [6.45, 7) is 2.96. The van der Waals surface area contributed by atoms with Gasteiger partial charge in [0.25, 0.3) is 0 Å². The molecule has 1 aliphatic carbocycles. The van der Waals surface area contributed by atoms with E-state index in [1.807, 2.05) is 0 Å². The smallest absolute Gasteiger partial charge is 0.249 e. The van der Waals surface area contributed by atoms with Gasteiger partial charge in [-0.05, 0) is 12.8 Å². The Balaban J connectivity index is 1.55. The average molecular weight is 292 g/mol. The second-order valence-corrected chi connectivity index (χ2v) is 5.82. The van der Waals surface area contributed by atoms with E-state index < -0.39 is 0 Å². The van der Waals surface area contributed by atoms with Crippen molar-refractivity contribution in [3.63, 3.8) is 0 Å². The number of hydrogen-bond acceptors (Lipinski definition) is 5. The number of morpholine rings is 1. The third-order valence-electron chi connectivity index (χ3n) is 4.35. The molecule has 0 N–H and O–H groups in total. The predicted molar refractivity (Wildman–Crippen MR) is 73.1 cm³/mol. The minimum atomic E-state index is -0.212. The first-order valence-electron chi connectivity index (χ1n) is 7.47. The predicted octanol–water partition coefficient (Wildman–Crippen LogP) is -0.956. The van der Waals surface area contributed by atoms with Crippen LogP contribution < -0.4 is 0 Å². The Hall–Kier alpha value is -1.65. The summed E-state index contributed by atoms with van der Waals surface area (Å²) in [6, 6.07) is 2.63. The molecule has 0 radical (unpaired) electrons. The molecule has 0 aromatic carbocycles. The summed E-state index contributed by atoms with van der Waals surface area (Å²) in [6.07, 6.45) is 2.32.